The molecule has 0 N–H and O–H groups in total. The fraction of sp³-hybridized carbons (Fsp3) is 0.200. The zero-order chi connectivity index (χ0) is 7.98. The van der Waals surface area contributed by atoms with Crippen LogP contribution in [-0.4, -0.2) is 0 Å². The first-order valence-electron chi connectivity index (χ1n) is 3.32. The van der Waals surface area contributed by atoms with Gasteiger partial charge in [-0.05, 0) is 11.5 Å². The van der Waals surface area contributed by atoms with Crippen molar-refractivity contribution in [2.45, 2.75) is 6.92 Å². The van der Waals surface area contributed by atoms with Gasteiger partial charge in [0.2, 0.25) is 0 Å². The third-order valence-corrected chi connectivity index (χ3v) is 1.38. The Labute approximate surface area is 63.3 Å². The van der Waals surface area contributed by atoms with Gasteiger partial charge in [-0.3, -0.25) is 0 Å². The second-order valence-corrected chi connectivity index (χ2v) is 2.19. The van der Waals surface area contributed by atoms with E-state index in [9.17, 15) is 0 Å². The minimum Gasteiger partial charge on any atom is -0.102 e. The molecule has 0 fully saturated rings. The molecule has 0 aliphatic carbocycles. The Morgan fingerprint density at radius 3 is 2.40 bits per heavy atom. The summed E-state index contributed by atoms with van der Waals surface area (Å²) in [7, 11) is 0. The Kier molecular flexibility index (Phi) is 4.30. The highest BCUT2D eigenvalue weighted by Crippen LogP contribution is 2.09. The van der Waals surface area contributed by atoms with Crippen molar-refractivity contribution < 1.29 is 0 Å². The third kappa shape index (κ3) is 3.08. The maximum Gasteiger partial charge on any atom is -0.00190 e. The fourth-order valence-electron chi connectivity index (χ4n) is 0.495. The molecule has 0 spiro atoms. The molecule has 0 saturated heterocycles. The van der Waals surface area contributed by atoms with Crippen molar-refractivity contribution in [3.63, 3.8) is 0 Å². The zero-order valence-corrected chi connectivity index (χ0v) is 6.51. The van der Waals surface area contributed by atoms with Crippen LogP contribution in [0.3, 0.4) is 0 Å². The first kappa shape index (κ1) is 8.96. The van der Waals surface area contributed by atoms with Crippen LogP contribution in [0.1, 0.15) is 6.92 Å². The molecule has 54 valence electrons. The van der Waals surface area contributed by atoms with E-state index >= 15 is 0 Å². The van der Waals surface area contributed by atoms with Crippen LogP contribution in [0.25, 0.3) is 0 Å². The van der Waals surface area contributed by atoms with Crippen molar-refractivity contribution >= 4 is 0 Å². The van der Waals surface area contributed by atoms with E-state index < -0.39 is 0 Å². The van der Waals surface area contributed by atoms with Crippen molar-refractivity contribution in [1.82, 2.24) is 0 Å². The predicted octanol–water partition coefficient (Wildman–Crippen LogP) is 3.11. The first-order valence-corrected chi connectivity index (χ1v) is 3.32. The molecule has 0 amide bonds. The summed E-state index contributed by atoms with van der Waals surface area (Å²) >= 11 is 0. The van der Waals surface area contributed by atoms with Gasteiger partial charge >= 0.3 is 0 Å². The monoisotopic (exact) mass is 134 g/mol. The minimum absolute atomic E-state index is 0.358. The molecule has 0 nitrogen and oxygen atoms in total. The number of rotatable bonds is 4. The molecule has 0 aromatic carbocycles. The molecule has 0 saturated carbocycles. The van der Waals surface area contributed by atoms with Crippen LogP contribution in [0.15, 0.2) is 49.6 Å². The summed E-state index contributed by atoms with van der Waals surface area (Å²) in [5.74, 6) is 0.358. The molecule has 10 heavy (non-hydrogen) atoms. The molecule has 0 radical (unpaired) electrons. The van der Waals surface area contributed by atoms with Crippen molar-refractivity contribution in [1.29, 1.82) is 0 Å². The van der Waals surface area contributed by atoms with E-state index in [4.69, 9.17) is 0 Å². The SMILES string of the molecule is C=CC=CC(=C)C(C)C=C. The normalized spacial score (nSPS) is 12.9. The van der Waals surface area contributed by atoms with Crippen LogP contribution in [-0.2, 0) is 0 Å². The van der Waals surface area contributed by atoms with Crippen LogP contribution in [0, 0.1) is 5.92 Å². The average Bonchev–Trinajstić information content (AvgIpc) is 1.98. The van der Waals surface area contributed by atoms with Crippen LogP contribution >= 0.6 is 0 Å². The lowest BCUT2D eigenvalue weighted by molar-refractivity contribution is 0.899. The maximum absolute atomic E-state index is 3.86. The zero-order valence-electron chi connectivity index (χ0n) is 6.51. The molecule has 0 heterocycles. The molecular formula is C10H14. The molecule has 1 unspecified atom stereocenters. The van der Waals surface area contributed by atoms with Crippen LogP contribution in [0.2, 0.25) is 0 Å². The van der Waals surface area contributed by atoms with E-state index in [2.05, 4.69) is 26.7 Å². The maximum atomic E-state index is 3.86. The van der Waals surface area contributed by atoms with Gasteiger partial charge in [-0.25, -0.2) is 0 Å². The predicted molar refractivity (Wildman–Crippen MR) is 47.8 cm³/mol. The molecule has 0 aromatic rings. The minimum atomic E-state index is 0.358. The summed E-state index contributed by atoms with van der Waals surface area (Å²) in [6.07, 6.45) is 7.43. The Hall–Kier alpha value is -1.04. The summed E-state index contributed by atoms with van der Waals surface area (Å²) in [5, 5.41) is 0. The highest BCUT2D eigenvalue weighted by atomic mass is 14.0. The van der Waals surface area contributed by atoms with E-state index in [0.717, 1.165) is 5.57 Å². The fourth-order valence-corrected chi connectivity index (χ4v) is 0.495. The van der Waals surface area contributed by atoms with E-state index in [1.165, 1.54) is 0 Å². The number of allylic oxidation sites excluding steroid dienone is 5. The summed E-state index contributed by atoms with van der Waals surface area (Å²) in [4.78, 5) is 0. The Morgan fingerprint density at radius 2 is 2.00 bits per heavy atom. The van der Waals surface area contributed by atoms with Crippen LogP contribution < -0.4 is 0 Å². The van der Waals surface area contributed by atoms with Gasteiger partial charge in [0.15, 0.2) is 0 Å². The van der Waals surface area contributed by atoms with E-state index in [1.54, 1.807) is 6.08 Å². The Bertz CT molecular complexity index is 161. The van der Waals surface area contributed by atoms with Gasteiger partial charge in [-0.15, -0.1) is 6.58 Å². The molecule has 0 aromatic heterocycles. The second kappa shape index (κ2) is 4.80. The summed E-state index contributed by atoms with van der Waals surface area (Å²) in [5.41, 5.74) is 1.06. The number of hydrogen-bond donors (Lipinski definition) is 0. The molecular weight excluding hydrogens is 120 g/mol. The smallest absolute Gasteiger partial charge is 0.00190 e. The standard InChI is InChI=1S/C10H14/c1-5-7-8-10(4)9(3)6-2/h5-9H,1-2,4H2,3H3. The van der Waals surface area contributed by atoms with E-state index in [-0.39, 0.29) is 0 Å². The van der Waals surface area contributed by atoms with Crippen LogP contribution in [0.4, 0.5) is 0 Å². The van der Waals surface area contributed by atoms with Gasteiger partial charge in [-0.1, -0.05) is 44.4 Å². The van der Waals surface area contributed by atoms with Gasteiger partial charge in [-0.2, -0.15) is 0 Å². The topological polar surface area (TPSA) is 0 Å². The molecule has 0 heteroatoms. The van der Waals surface area contributed by atoms with Crippen molar-refractivity contribution in [2.24, 2.45) is 5.92 Å². The average molecular weight is 134 g/mol. The molecule has 0 aliphatic heterocycles. The summed E-state index contributed by atoms with van der Waals surface area (Å²) in [6.45, 7) is 13.1. The molecule has 1 atom stereocenters. The van der Waals surface area contributed by atoms with Crippen molar-refractivity contribution in [3.8, 4) is 0 Å². The van der Waals surface area contributed by atoms with Gasteiger partial charge in [0, 0.05) is 0 Å². The number of hydrogen-bond acceptors (Lipinski definition) is 0. The summed E-state index contributed by atoms with van der Waals surface area (Å²) in [6, 6.07) is 0. The molecule has 0 rings (SSSR count). The van der Waals surface area contributed by atoms with Crippen molar-refractivity contribution in [3.05, 3.63) is 49.6 Å². The van der Waals surface area contributed by atoms with Gasteiger partial charge < -0.3 is 0 Å². The van der Waals surface area contributed by atoms with Gasteiger partial charge in [0.25, 0.3) is 0 Å². The highest BCUT2D eigenvalue weighted by molar-refractivity contribution is 5.22. The highest BCUT2D eigenvalue weighted by Gasteiger charge is 1.94. The molecule has 0 bridgehead atoms. The van der Waals surface area contributed by atoms with E-state index in [0.29, 0.717) is 5.92 Å². The lowest BCUT2D eigenvalue weighted by Crippen LogP contribution is -1.88. The largest absolute Gasteiger partial charge is 0.102 e. The Balaban J connectivity index is 3.95. The quantitative estimate of drug-likeness (QED) is 0.409. The lowest BCUT2D eigenvalue weighted by atomic mass is 10.0. The Morgan fingerprint density at radius 1 is 1.40 bits per heavy atom. The second-order valence-electron chi connectivity index (χ2n) is 2.19. The third-order valence-electron chi connectivity index (χ3n) is 1.38. The molecule has 0 aliphatic rings. The lowest BCUT2D eigenvalue weighted by Gasteiger charge is -2.02. The van der Waals surface area contributed by atoms with Crippen LogP contribution in [0.5, 0.6) is 0 Å². The van der Waals surface area contributed by atoms with Crippen molar-refractivity contribution in [2.75, 3.05) is 0 Å². The summed E-state index contributed by atoms with van der Waals surface area (Å²) < 4.78 is 0. The first-order chi connectivity index (χ1) is 4.72. The van der Waals surface area contributed by atoms with Gasteiger partial charge in [0.1, 0.15) is 0 Å². The van der Waals surface area contributed by atoms with Gasteiger partial charge in [0.05, 0.1) is 0 Å². The van der Waals surface area contributed by atoms with E-state index in [1.807, 2.05) is 18.2 Å².